The summed E-state index contributed by atoms with van der Waals surface area (Å²) in [5.41, 5.74) is 0.116. The van der Waals surface area contributed by atoms with E-state index in [0.717, 1.165) is 18.2 Å². The van der Waals surface area contributed by atoms with Gasteiger partial charge >= 0.3 is 0 Å². The van der Waals surface area contributed by atoms with Gasteiger partial charge in [0.15, 0.2) is 11.6 Å². The molecule has 0 radical (unpaired) electrons. The number of ether oxygens (including phenoxy) is 1. The van der Waals surface area contributed by atoms with Crippen molar-refractivity contribution in [1.29, 1.82) is 5.26 Å². The molecule has 6 nitrogen and oxygen atoms in total. The third-order valence-electron chi connectivity index (χ3n) is 3.88. The molecule has 0 aromatic heterocycles. The van der Waals surface area contributed by atoms with E-state index in [9.17, 15) is 17.2 Å². The van der Waals surface area contributed by atoms with Gasteiger partial charge in [0, 0.05) is 32.2 Å². The molecule has 1 N–H and O–H groups in total. The zero-order valence-corrected chi connectivity index (χ0v) is 16.8. The molecule has 0 spiro atoms. The summed E-state index contributed by atoms with van der Waals surface area (Å²) in [6.07, 6.45) is 0. The first-order valence-electron chi connectivity index (χ1n) is 7.80. The van der Waals surface area contributed by atoms with E-state index >= 15 is 0 Å². The van der Waals surface area contributed by atoms with E-state index in [4.69, 9.17) is 10.00 Å². The lowest BCUT2D eigenvalue weighted by Gasteiger charge is -2.27. The van der Waals surface area contributed by atoms with Crippen LogP contribution in [-0.4, -0.2) is 38.9 Å². The average molecular weight is 452 g/mol. The van der Waals surface area contributed by atoms with Crippen LogP contribution in [0.15, 0.2) is 41.3 Å². The molecule has 2 aromatic rings. The number of nitrogens with zero attached hydrogens (tertiary/aromatic N) is 2. The topological polar surface area (TPSA) is 82.4 Å². The van der Waals surface area contributed by atoms with Crippen LogP contribution in [0.3, 0.4) is 0 Å². The van der Waals surface area contributed by atoms with E-state index < -0.39 is 27.4 Å². The molecule has 1 aliphatic heterocycles. The highest BCUT2D eigenvalue weighted by Crippen LogP contribution is 2.33. The maximum Gasteiger partial charge on any atom is 0.246 e. The molecule has 1 heterocycles. The van der Waals surface area contributed by atoms with Crippen LogP contribution >= 0.6 is 24.8 Å². The van der Waals surface area contributed by atoms with Gasteiger partial charge in [-0.25, -0.2) is 17.2 Å². The maximum atomic E-state index is 13.9. The molecule has 3 rings (SSSR count). The standard InChI is InChI=1S/C17H15F2N3O3S.2ClH/c18-13-2-3-14(19)16(10-13)25-15-4-1-12(11-20)9-17(15)26(23,24)22-7-5-21-6-8-22;;/h1-4,9-10,21H,5-8H2;2*1H. The average Bonchev–Trinajstić information content (AvgIpc) is 2.65. The van der Waals surface area contributed by atoms with E-state index in [0.29, 0.717) is 13.1 Å². The Kier molecular flexibility index (Phi) is 8.60. The second-order valence-corrected chi connectivity index (χ2v) is 7.51. The third-order valence-corrected chi connectivity index (χ3v) is 5.80. The van der Waals surface area contributed by atoms with Crippen LogP contribution < -0.4 is 10.1 Å². The predicted molar refractivity (Wildman–Crippen MR) is 104 cm³/mol. The number of nitriles is 1. The van der Waals surface area contributed by atoms with Crippen molar-refractivity contribution in [3.63, 3.8) is 0 Å². The predicted octanol–water partition coefficient (Wildman–Crippen LogP) is 3.07. The largest absolute Gasteiger partial charge is 0.453 e. The van der Waals surface area contributed by atoms with E-state index in [2.05, 4.69) is 5.32 Å². The second-order valence-electron chi connectivity index (χ2n) is 5.60. The van der Waals surface area contributed by atoms with E-state index in [-0.39, 0.29) is 54.1 Å². The Bertz CT molecular complexity index is 978. The molecule has 0 atom stereocenters. The Morgan fingerprint density at radius 3 is 2.36 bits per heavy atom. The molecule has 0 saturated carbocycles. The van der Waals surface area contributed by atoms with E-state index in [1.165, 1.54) is 22.5 Å². The molecule has 1 aliphatic rings. The van der Waals surface area contributed by atoms with Gasteiger partial charge in [0.1, 0.15) is 16.5 Å². The second kappa shape index (κ2) is 10.0. The van der Waals surface area contributed by atoms with Crippen LogP contribution in [0.2, 0.25) is 0 Å². The third kappa shape index (κ3) is 5.10. The molecule has 28 heavy (non-hydrogen) atoms. The number of sulfonamides is 1. The summed E-state index contributed by atoms with van der Waals surface area (Å²) in [5.74, 6) is -2.17. The summed E-state index contributed by atoms with van der Waals surface area (Å²) in [6.45, 7) is 1.50. The zero-order chi connectivity index (χ0) is 18.7. The van der Waals surface area contributed by atoms with Crippen molar-refractivity contribution in [2.45, 2.75) is 4.90 Å². The molecule has 152 valence electrons. The lowest BCUT2D eigenvalue weighted by Crippen LogP contribution is -2.46. The highest BCUT2D eigenvalue weighted by atomic mass is 35.5. The van der Waals surface area contributed by atoms with Crippen molar-refractivity contribution in [1.82, 2.24) is 9.62 Å². The summed E-state index contributed by atoms with van der Waals surface area (Å²) in [7, 11) is -3.97. The number of piperazine rings is 1. The molecule has 0 bridgehead atoms. The molecule has 11 heteroatoms. The number of nitrogens with one attached hydrogen (secondary N) is 1. The molecular formula is C17H17Cl2F2N3O3S. The molecule has 0 aliphatic carbocycles. The van der Waals surface area contributed by atoms with Gasteiger partial charge in [0.05, 0.1) is 11.6 Å². The monoisotopic (exact) mass is 451 g/mol. The SMILES string of the molecule is Cl.Cl.N#Cc1ccc(Oc2cc(F)ccc2F)c(S(=O)(=O)N2CCNCC2)c1. The minimum Gasteiger partial charge on any atom is -0.453 e. The summed E-state index contributed by atoms with van der Waals surface area (Å²) in [4.78, 5) is -0.262. The minimum absolute atomic E-state index is 0. The van der Waals surface area contributed by atoms with Crippen LogP contribution in [0.1, 0.15) is 5.56 Å². The first-order valence-corrected chi connectivity index (χ1v) is 9.24. The Balaban J connectivity index is 0.00000196. The molecule has 2 aromatic carbocycles. The van der Waals surface area contributed by atoms with E-state index in [1.54, 1.807) is 0 Å². The van der Waals surface area contributed by atoms with Crippen LogP contribution in [0.5, 0.6) is 11.5 Å². The summed E-state index contributed by atoms with van der Waals surface area (Å²) in [5, 5.41) is 12.1. The van der Waals surface area contributed by atoms with Crippen LogP contribution in [0.25, 0.3) is 0 Å². The van der Waals surface area contributed by atoms with Gasteiger partial charge in [0.2, 0.25) is 10.0 Å². The van der Waals surface area contributed by atoms with Gasteiger partial charge in [0.25, 0.3) is 0 Å². The quantitative estimate of drug-likeness (QED) is 0.771. The number of rotatable bonds is 4. The van der Waals surface area contributed by atoms with Crippen molar-refractivity contribution in [3.8, 4) is 17.6 Å². The first kappa shape index (κ1) is 24.1. The Morgan fingerprint density at radius 1 is 1.04 bits per heavy atom. The summed E-state index contributed by atoms with van der Waals surface area (Å²) < 4.78 is 59.8. The van der Waals surface area contributed by atoms with Gasteiger partial charge in [-0.1, -0.05) is 0 Å². The van der Waals surface area contributed by atoms with Crippen LogP contribution in [0, 0.1) is 23.0 Å². The zero-order valence-electron chi connectivity index (χ0n) is 14.4. The smallest absolute Gasteiger partial charge is 0.246 e. The van der Waals surface area contributed by atoms with Crippen LogP contribution in [0.4, 0.5) is 8.78 Å². The fourth-order valence-electron chi connectivity index (χ4n) is 2.56. The summed E-state index contributed by atoms with van der Waals surface area (Å²) >= 11 is 0. The normalized spacial score (nSPS) is 14.3. The van der Waals surface area contributed by atoms with Gasteiger partial charge in [-0.3, -0.25) is 0 Å². The van der Waals surface area contributed by atoms with Crippen molar-refractivity contribution >= 4 is 34.8 Å². The Morgan fingerprint density at radius 2 is 1.71 bits per heavy atom. The number of hydrogen-bond acceptors (Lipinski definition) is 5. The number of hydrogen-bond donors (Lipinski definition) is 1. The highest BCUT2D eigenvalue weighted by Gasteiger charge is 2.29. The van der Waals surface area contributed by atoms with Gasteiger partial charge < -0.3 is 10.1 Å². The summed E-state index contributed by atoms with van der Waals surface area (Å²) in [6, 6.07) is 8.30. The van der Waals surface area contributed by atoms with Gasteiger partial charge in [-0.05, 0) is 30.3 Å². The molecule has 0 unspecified atom stereocenters. The fourth-order valence-corrected chi connectivity index (χ4v) is 4.14. The lowest BCUT2D eigenvalue weighted by atomic mass is 10.2. The maximum absolute atomic E-state index is 13.9. The van der Waals surface area contributed by atoms with Gasteiger partial charge in [-0.15, -0.1) is 24.8 Å². The highest BCUT2D eigenvalue weighted by molar-refractivity contribution is 7.89. The Hall–Kier alpha value is -1.96. The van der Waals surface area contributed by atoms with Crippen molar-refractivity contribution in [3.05, 3.63) is 53.6 Å². The molecule has 0 amide bonds. The molecule has 1 fully saturated rings. The van der Waals surface area contributed by atoms with Crippen molar-refractivity contribution < 1.29 is 21.9 Å². The number of halogens is 4. The van der Waals surface area contributed by atoms with Crippen molar-refractivity contribution in [2.24, 2.45) is 0 Å². The lowest BCUT2D eigenvalue weighted by molar-refractivity contribution is 0.357. The first-order chi connectivity index (χ1) is 12.4. The number of benzene rings is 2. The van der Waals surface area contributed by atoms with Gasteiger partial charge in [-0.2, -0.15) is 9.57 Å². The molecular weight excluding hydrogens is 435 g/mol. The minimum atomic E-state index is -3.97. The van der Waals surface area contributed by atoms with Crippen molar-refractivity contribution in [2.75, 3.05) is 26.2 Å². The Labute approximate surface area is 174 Å². The fraction of sp³-hybridized carbons (Fsp3) is 0.235. The van der Waals surface area contributed by atoms with Crippen LogP contribution in [-0.2, 0) is 10.0 Å². The van der Waals surface area contributed by atoms with E-state index in [1.807, 2.05) is 6.07 Å². The molecule has 1 saturated heterocycles.